The van der Waals surface area contributed by atoms with Crippen LogP contribution in [-0.2, 0) is 9.59 Å². The number of primary amides is 1. The molecule has 0 spiro atoms. The maximum atomic E-state index is 9.99. The summed E-state index contributed by atoms with van der Waals surface area (Å²) < 4.78 is 0. The fourth-order valence-corrected chi connectivity index (χ4v) is 0.304. The Labute approximate surface area is 64.4 Å². The van der Waals surface area contributed by atoms with Gasteiger partial charge in [-0.1, -0.05) is 0 Å². The first kappa shape index (κ1) is 12.2. The smallest absolute Gasteiger partial charge is 0.321 e. The number of carboxylic acid groups (broad SMARTS) is 1. The first-order chi connectivity index (χ1) is 5.04. The number of carboxylic acids is 1. The lowest BCUT2D eigenvalue weighted by Gasteiger charge is -1.99. The molecule has 0 rings (SSSR count). The fourth-order valence-electron chi connectivity index (χ4n) is 0.304. The lowest BCUT2D eigenvalue weighted by molar-refractivity contribution is -0.140. The standard InChI is InChI=1S/C4H8N2O3.C2H2/c5-2(4(8)9)1-3(6)7;1-2/h2H,1,5H2,(H2,6,7)(H,8,9);1-2H/t2-;/m0./s1. The molecule has 1 amide bonds. The quantitative estimate of drug-likeness (QED) is 0.435. The van der Waals surface area contributed by atoms with Crippen LogP contribution in [0.5, 0.6) is 0 Å². The van der Waals surface area contributed by atoms with Gasteiger partial charge in [0.05, 0.1) is 6.42 Å². The number of hydrogen-bond acceptors (Lipinski definition) is 3. The van der Waals surface area contributed by atoms with Gasteiger partial charge in [0, 0.05) is 0 Å². The van der Waals surface area contributed by atoms with Crippen LogP contribution >= 0.6 is 0 Å². The third-order valence-electron chi connectivity index (χ3n) is 0.738. The number of hydrogen-bond donors (Lipinski definition) is 3. The summed E-state index contributed by atoms with van der Waals surface area (Å²) in [5.41, 5.74) is 9.57. The van der Waals surface area contributed by atoms with E-state index in [0.717, 1.165) is 0 Å². The van der Waals surface area contributed by atoms with Crippen LogP contribution < -0.4 is 11.5 Å². The predicted molar refractivity (Wildman–Crippen MR) is 39.3 cm³/mol. The molecule has 5 heteroatoms. The van der Waals surface area contributed by atoms with Crippen LogP contribution in [0.25, 0.3) is 0 Å². The highest BCUT2D eigenvalue weighted by Crippen LogP contribution is 1.84. The summed E-state index contributed by atoms with van der Waals surface area (Å²) in [6.45, 7) is 0. The molecule has 0 saturated heterocycles. The Hall–Kier alpha value is -1.54. The second kappa shape index (κ2) is 6.58. The van der Waals surface area contributed by atoms with Gasteiger partial charge in [0.1, 0.15) is 6.04 Å². The lowest BCUT2D eigenvalue weighted by Crippen LogP contribution is -2.34. The van der Waals surface area contributed by atoms with Gasteiger partial charge in [0.2, 0.25) is 5.91 Å². The molecule has 0 aliphatic carbocycles. The molecular formula is C6H10N2O3. The number of nitrogens with two attached hydrogens (primary N) is 2. The maximum absolute atomic E-state index is 9.99. The molecule has 0 aliphatic heterocycles. The van der Waals surface area contributed by atoms with Crippen molar-refractivity contribution in [2.24, 2.45) is 11.5 Å². The molecule has 0 aromatic carbocycles. The van der Waals surface area contributed by atoms with Gasteiger partial charge in [-0.25, -0.2) is 0 Å². The van der Waals surface area contributed by atoms with Crippen molar-refractivity contribution in [1.29, 1.82) is 0 Å². The van der Waals surface area contributed by atoms with E-state index in [0.29, 0.717) is 0 Å². The molecule has 0 heterocycles. The van der Waals surface area contributed by atoms with Gasteiger partial charge in [0.15, 0.2) is 0 Å². The van der Waals surface area contributed by atoms with E-state index >= 15 is 0 Å². The monoisotopic (exact) mass is 158 g/mol. The molecule has 62 valence electrons. The molecule has 0 bridgehead atoms. The van der Waals surface area contributed by atoms with Crippen molar-refractivity contribution in [2.75, 3.05) is 0 Å². The summed E-state index contributed by atoms with van der Waals surface area (Å²) in [7, 11) is 0. The van der Waals surface area contributed by atoms with Crippen molar-refractivity contribution >= 4 is 11.9 Å². The maximum Gasteiger partial charge on any atom is 0.321 e. The van der Waals surface area contributed by atoms with E-state index in [1.807, 2.05) is 0 Å². The Kier molecular flexibility index (Phi) is 7.28. The zero-order valence-corrected chi connectivity index (χ0v) is 5.86. The number of terminal acetylenes is 1. The third kappa shape index (κ3) is 8.46. The van der Waals surface area contributed by atoms with Gasteiger partial charge >= 0.3 is 5.97 Å². The van der Waals surface area contributed by atoms with Crippen LogP contribution in [-0.4, -0.2) is 23.0 Å². The van der Waals surface area contributed by atoms with Crippen LogP contribution in [0.15, 0.2) is 0 Å². The van der Waals surface area contributed by atoms with Crippen molar-refractivity contribution < 1.29 is 14.7 Å². The minimum absolute atomic E-state index is 0.310. The van der Waals surface area contributed by atoms with Gasteiger partial charge in [-0.2, -0.15) is 0 Å². The number of carbonyl (C=O) groups is 2. The Bertz CT molecular complexity index is 164. The molecule has 1 atom stereocenters. The number of aliphatic carboxylic acids is 1. The zero-order chi connectivity index (χ0) is 9.44. The van der Waals surface area contributed by atoms with Crippen LogP contribution in [0.2, 0.25) is 0 Å². The molecule has 5 nitrogen and oxygen atoms in total. The highest BCUT2D eigenvalue weighted by atomic mass is 16.4. The molecule has 5 N–H and O–H groups in total. The van der Waals surface area contributed by atoms with Crippen molar-refractivity contribution in [2.45, 2.75) is 12.5 Å². The second-order valence-electron chi connectivity index (χ2n) is 1.62. The van der Waals surface area contributed by atoms with Gasteiger partial charge in [-0.15, -0.1) is 12.8 Å². The second-order valence-corrected chi connectivity index (χ2v) is 1.62. The van der Waals surface area contributed by atoms with E-state index < -0.39 is 17.9 Å². The average molecular weight is 158 g/mol. The molecule has 0 fully saturated rings. The van der Waals surface area contributed by atoms with E-state index in [1.165, 1.54) is 0 Å². The van der Waals surface area contributed by atoms with E-state index in [-0.39, 0.29) is 6.42 Å². The van der Waals surface area contributed by atoms with Gasteiger partial charge in [0.25, 0.3) is 0 Å². The van der Waals surface area contributed by atoms with Crippen LogP contribution in [0, 0.1) is 12.8 Å². The van der Waals surface area contributed by atoms with E-state index in [4.69, 9.17) is 10.8 Å². The minimum Gasteiger partial charge on any atom is -0.480 e. The Morgan fingerprint density at radius 1 is 1.45 bits per heavy atom. The average Bonchev–Trinajstić information content (AvgIpc) is 1.90. The largest absolute Gasteiger partial charge is 0.480 e. The van der Waals surface area contributed by atoms with E-state index in [2.05, 4.69) is 18.6 Å². The molecule has 0 radical (unpaired) electrons. The Balaban J connectivity index is 0. The minimum atomic E-state index is -1.21. The number of amides is 1. The van der Waals surface area contributed by atoms with Crippen LogP contribution in [0.1, 0.15) is 6.42 Å². The molecule has 0 aromatic rings. The summed E-state index contributed by atoms with van der Waals surface area (Å²) in [5, 5.41) is 8.10. The van der Waals surface area contributed by atoms with Gasteiger partial charge < -0.3 is 16.6 Å². The SMILES string of the molecule is C#C.NC(=O)C[C@H](N)C(=O)O. The zero-order valence-electron chi connectivity index (χ0n) is 5.86. The van der Waals surface area contributed by atoms with E-state index in [9.17, 15) is 9.59 Å². The summed E-state index contributed by atoms with van der Waals surface area (Å²) in [6, 6.07) is -1.16. The molecule has 0 aliphatic rings. The molecule has 0 aromatic heterocycles. The summed E-state index contributed by atoms with van der Waals surface area (Å²) in [6.07, 6.45) is 7.69. The van der Waals surface area contributed by atoms with Crippen molar-refractivity contribution in [3.63, 3.8) is 0 Å². The highest BCUT2D eigenvalue weighted by Gasteiger charge is 2.13. The van der Waals surface area contributed by atoms with Crippen LogP contribution in [0.4, 0.5) is 0 Å². The highest BCUT2D eigenvalue weighted by molar-refractivity contribution is 5.82. The summed E-state index contributed by atoms with van der Waals surface area (Å²) in [5.74, 6) is -1.92. The van der Waals surface area contributed by atoms with Crippen molar-refractivity contribution in [3.8, 4) is 12.8 Å². The van der Waals surface area contributed by atoms with E-state index in [1.54, 1.807) is 0 Å². The Morgan fingerprint density at radius 2 is 1.82 bits per heavy atom. The molecule has 0 unspecified atom stereocenters. The fraction of sp³-hybridized carbons (Fsp3) is 0.333. The Morgan fingerprint density at radius 3 is 1.91 bits per heavy atom. The first-order valence-electron chi connectivity index (χ1n) is 2.64. The first-order valence-corrected chi connectivity index (χ1v) is 2.64. The third-order valence-corrected chi connectivity index (χ3v) is 0.738. The number of rotatable bonds is 3. The normalized spacial score (nSPS) is 10.5. The molecule has 11 heavy (non-hydrogen) atoms. The lowest BCUT2D eigenvalue weighted by atomic mass is 10.2. The van der Waals surface area contributed by atoms with Crippen molar-refractivity contribution in [1.82, 2.24) is 0 Å². The predicted octanol–water partition coefficient (Wildman–Crippen LogP) is -1.48. The molecular weight excluding hydrogens is 148 g/mol. The molecule has 0 saturated carbocycles. The summed E-state index contributed by atoms with van der Waals surface area (Å²) >= 11 is 0. The summed E-state index contributed by atoms with van der Waals surface area (Å²) in [4.78, 5) is 19.9. The number of carbonyl (C=O) groups excluding carboxylic acids is 1. The van der Waals surface area contributed by atoms with Crippen molar-refractivity contribution in [3.05, 3.63) is 0 Å². The van der Waals surface area contributed by atoms with Gasteiger partial charge in [-0.3, -0.25) is 9.59 Å². The van der Waals surface area contributed by atoms with Gasteiger partial charge in [-0.05, 0) is 0 Å². The van der Waals surface area contributed by atoms with Crippen LogP contribution in [0.3, 0.4) is 0 Å². The topological polar surface area (TPSA) is 106 Å².